The Morgan fingerprint density at radius 3 is 2.43 bits per heavy atom. The van der Waals surface area contributed by atoms with Gasteiger partial charge in [-0.3, -0.25) is 0 Å². The molecule has 0 rings (SSSR count). The van der Waals surface area contributed by atoms with Crippen molar-refractivity contribution in [2.75, 3.05) is 0 Å². The van der Waals surface area contributed by atoms with E-state index in [2.05, 4.69) is 16.2 Å². The van der Waals surface area contributed by atoms with Gasteiger partial charge in [0.2, 0.25) is 0 Å². The van der Waals surface area contributed by atoms with Crippen molar-refractivity contribution in [1.29, 1.82) is 0 Å². The molecule has 4 N–H and O–H groups in total. The molecule has 0 saturated heterocycles. The Morgan fingerprint density at radius 1 is 1.71 bits per heavy atom. The summed E-state index contributed by atoms with van der Waals surface area (Å²) < 4.78 is 3.34. The van der Waals surface area contributed by atoms with E-state index in [1.54, 1.807) is 0 Å². The Bertz CT molecular complexity index is 87.7. The third-order valence-corrected chi connectivity index (χ3v) is 0.707. The zero-order valence-corrected chi connectivity index (χ0v) is 4.48. The Hall–Kier alpha value is -0.710. The van der Waals surface area contributed by atoms with Crippen LogP contribution in [0.15, 0.2) is 9.50 Å². The molecule has 0 saturated carbocycles. The van der Waals surface area contributed by atoms with Crippen LogP contribution < -0.4 is 11.6 Å². The molecule has 0 radical (unpaired) electrons. The average molecular weight is 118 g/mol. The van der Waals surface area contributed by atoms with E-state index in [1.807, 2.05) is 0 Å². The maximum absolute atomic E-state index is 5.04. The van der Waals surface area contributed by atoms with E-state index < -0.39 is 0 Å². The largest absolute Gasteiger partial charge is 0.375 e. The zero-order chi connectivity index (χ0) is 5.70. The number of amidine groups is 1. The molecule has 0 atom stereocenters. The molecule has 0 aliphatic carbocycles. The first-order valence-electron chi connectivity index (χ1n) is 1.47. The molecule has 0 aromatic rings. The number of hydrogen-bond donors (Lipinski definition) is 2. The van der Waals surface area contributed by atoms with Gasteiger partial charge in [-0.2, -0.15) is 5.10 Å². The fourth-order valence-corrected chi connectivity index (χ4v) is 0.269. The van der Waals surface area contributed by atoms with Crippen molar-refractivity contribution in [2.24, 2.45) is 21.1 Å². The van der Waals surface area contributed by atoms with E-state index in [-0.39, 0.29) is 5.17 Å². The van der Waals surface area contributed by atoms with Gasteiger partial charge in [0, 0.05) is 11.9 Å². The minimum Gasteiger partial charge on any atom is -0.375 e. The van der Waals surface area contributed by atoms with Crippen molar-refractivity contribution in [2.45, 2.75) is 0 Å². The Morgan fingerprint density at radius 2 is 2.29 bits per heavy atom. The predicted octanol–water partition coefficient (Wildman–Crippen LogP) is -0.476. The second kappa shape index (κ2) is 3.48. The SMILES string of the molecule is C=NS/C(N)=N\N. The van der Waals surface area contributed by atoms with E-state index in [0.717, 1.165) is 11.9 Å². The molecule has 0 unspecified atom stereocenters. The van der Waals surface area contributed by atoms with Gasteiger partial charge in [-0.25, -0.2) is 4.40 Å². The first-order valence-corrected chi connectivity index (χ1v) is 2.25. The standard InChI is InChI=1S/C2H6N4S/c1-5-7-2(3)6-4/h1,4H2,(H2,3,6). The smallest absolute Gasteiger partial charge is 0.200 e. The Labute approximate surface area is 45.8 Å². The van der Waals surface area contributed by atoms with E-state index in [9.17, 15) is 0 Å². The quantitative estimate of drug-likeness (QED) is 0.160. The Kier molecular flexibility index (Phi) is 3.13. The lowest BCUT2D eigenvalue weighted by molar-refractivity contribution is 1.25. The fraction of sp³-hybridized carbons (Fsp3) is 0. The molecule has 7 heavy (non-hydrogen) atoms. The summed E-state index contributed by atoms with van der Waals surface area (Å²) in [6.45, 7) is 3.15. The summed E-state index contributed by atoms with van der Waals surface area (Å²) in [6.07, 6.45) is 0. The fourth-order valence-electron chi connectivity index (χ4n) is 0.0897. The lowest BCUT2D eigenvalue weighted by Crippen LogP contribution is -2.07. The van der Waals surface area contributed by atoms with Gasteiger partial charge in [-0.15, -0.1) is 0 Å². The highest BCUT2D eigenvalue weighted by Crippen LogP contribution is 1.95. The monoisotopic (exact) mass is 118 g/mol. The Balaban J connectivity index is 3.36. The summed E-state index contributed by atoms with van der Waals surface area (Å²) in [5, 5.41) is 3.32. The third kappa shape index (κ3) is 3.11. The van der Waals surface area contributed by atoms with Crippen LogP contribution in [0.1, 0.15) is 0 Å². The van der Waals surface area contributed by atoms with Crippen molar-refractivity contribution in [1.82, 2.24) is 0 Å². The van der Waals surface area contributed by atoms with E-state index in [4.69, 9.17) is 11.6 Å². The molecule has 0 aliphatic rings. The molecular weight excluding hydrogens is 112 g/mol. The molecule has 0 aromatic carbocycles. The van der Waals surface area contributed by atoms with Gasteiger partial charge in [0.15, 0.2) is 5.17 Å². The van der Waals surface area contributed by atoms with E-state index in [0.29, 0.717) is 0 Å². The number of nitrogens with two attached hydrogens (primary N) is 2. The normalized spacial score (nSPS) is 11.1. The van der Waals surface area contributed by atoms with Crippen LogP contribution in [-0.2, 0) is 0 Å². The van der Waals surface area contributed by atoms with E-state index >= 15 is 0 Å². The van der Waals surface area contributed by atoms with E-state index in [1.165, 1.54) is 0 Å². The minimum absolute atomic E-state index is 0.218. The summed E-state index contributed by atoms with van der Waals surface area (Å²) in [7, 11) is 0. The molecule has 0 aromatic heterocycles. The van der Waals surface area contributed by atoms with Crippen LogP contribution in [0, 0.1) is 0 Å². The molecule has 0 amide bonds. The van der Waals surface area contributed by atoms with Crippen LogP contribution in [0.3, 0.4) is 0 Å². The zero-order valence-electron chi connectivity index (χ0n) is 3.66. The highest BCUT2D eigenvalue weighted by molar-refractivity contribution is 8.12. The second-order valence-corrected chi connectivity index (χ2v) is 1.55. The number of rotatable bonds is 1. The van der Waals surface area contributed by atoms with Crippen LogP contribution >= 0.6 is 11.9 Å². The van der Waals surface area contributed by atoms with Crippen molar-refractivity contribution in [3.63, 3.8) is 0 Å². The second-order valence-electron chi connectivity index (χ2n) is 0.688. The van der Waals surface area contributed by atoms with Crippen LogP contribution in [0.25, 0.3) is 0 Å². The molecule has 0 fully saturated rings. The van der Waals surface area contributed by atoms with Crippen molar-refractivity contribution < 1.29 is 0 Å². The maximum Gasteiger partial charge on any atom is 0.200 e. The van der Waals surface area contributed by atoms with Crippen LogP contribution in [0.2, 0.25) is 0 Å². The highest BCUT2D eigenvalue weighted by Gasteiger charge is 1.82. The van der Waals surface area contributed by atoms with Crippen molar-refractivity contribution in [3.05, 3.63) is 0 Å². The van der Waals surface area contributed by atoms with Gasteiger partial charge in [0.1, 0.15) is 0 Å². The molecule has 0 aliphatic heterocycles. The molecule has 40 valence electrons. The number of hydrazone groups is 1. The first kappa shape index (κ1) is 6.29. The van der Waals surface area contributed by atoms with Gasteiger partial charge in [-0.05, 0) is 6.72 Å². The third-order valence-electron chi connectivity index (χ3n) is 0.285. The summed E-state index contributed by atoms with van der Waals surface area (Å²) in [5.41, 5.74) is 5.04. The minimum atomic E-state index is 0.218. The van der Waals surface area contributed by atoms with Crippen molar-refractivity contribution >= 4 is 23.8 Å². The lowest BCUT2D eigenvalue weighted by atomic mass is 11.4. The molecular formula is C2H6N4S. The van der Waals surface area contributed by atoms with Crippen LogP contribution in [0.5, 0.6) is 0 Å². The topological polar surface area (TPSA) is 76.8 Å². The van der Waals surface area contributed by atoms with Crippen molar-refractivity contribution in [3.8, 4) is 0 Å². The maximum atomic E-state index is 5.04. The summed E-state index contributed by atoms with van der Waals surface area (Å²) in [6, 6.07) is 0. The molecule has 0 bridgehead atoms. The molecule has 5 heteroatoms. The summed E-state index contributed by atoms with van der Waals surface area (Å²) >= 11 is 0.948. The van der Waals surface area contributed by atoms with Gasteiger partial charge in [-0.1, -0.05) is 0 Å². The van der Waals surface area contributed by atoms with Gasteiger partial charge >= 0.3 is 0 Å². The summed E-state index contributed by atoms with van der Waals surface area (Å²) in [5.74, 6) is 4.71. The predicted molar refractivity (Wildman–Crippen MR) is 32.9 cm³/mol. The molecule has 0 heterocycles. The number of hydrogen-bond acceptors (Lipinski definition) is 4. The van der Waals surface area contributed by atoms with Crippen LogP contribution in [-0.4, -0.2) is 11.9 Å². The van der Waals surface area contributed by atoms with Gasteiger partial charge in [0.25, 0.3) is 0 Å². The first-order chi connectivity index (χ1) is 3.31. The molecule has 4 nitrogen and oxygen atoms in total. The average Bonchev–Trinajstić information content (AvgIpc) is 1.68. The van der Waals surface area contributed by atoms with Gasteiger partial charge < -0.3 is 11.6 Å². The van der Waals surface area contributed by atoms with Gasteiger partial charge in [0.05, 0.1) is 0 Å². The van der Waals surface area contributed by atoms with Crippen LogP contribution in [0.4, 0.5) is 0 Å². The number of nitrogens with zero attached hydrogens (tertiary/aromatic N) is 2. The highest BCUT2D eigenvalue weighted by atomic mass is 32.2. The summed E-state index contributed by atoms with van der Waals surface area (Å²) in [4.78, 5) is 0. The lowest BCUT2D eigenvalue weighted by Gasteiger charge is -1.84. The molecule has 0 spiro atoms.